The molecule has 1 N–H and O–H groups in total. The lowest BCUT2D eigenvalue weighted by Gasteiger charge is -2.19. The molecule has 0 spiro atoms. The molecule has 0 saturated carbocycles. The maximum atomic E-state index is 13.1. The van der Waals surface area contributed by atoms with Crippen LogP contribution in [0.25, 0.3) is 10.8 Å². The number of likely N-dealkylation sites (N-methyl/N-ethyl adjacent to an activating group) is 1. The minimum absolute atomic E-state index is 0.166. The molecule has 8 heteroatoms. The number of hydrogen-bond donors (Lipinski definition) is 1. The molecule has 0 unspecified atom stereocenters. The second-order valence-corrected chi connectivity index (χ2v) is 11.0. The maximum Gasteiger partial charge on any atom is 0.261 e. The van der Waals surface area contributed by atoms with Gasteiger partial charge in [-0.05, 0) is 57.6 Å². The van der Waals surface area contributed by atoms with Gasteiger partial charge in [-0.25, -0.2) is 8.42 Å². The van der Waals surface area contributed by atoms with E-state index in [1.165, 1.54) is 0 Å². The summed E-state index contributed by atoms with van der Waals surface area (Å²) in [7, 11) is 0.122. The van der Waals surface area contributed by atoms with Crippen LogP contribution >= 0.6 is 11.6 Å². The van der Waals surface area contributed by atoms with Crippen LogP contribution in [0.5, 0.6) is 11.5 Å². The zero-order valence-corrected chi connectivity index (χ0v) is 20.2. The topological polar surface area (TPSA) is 67.9 Å². The van der Waals surface area contributed by atoms with Gasteiger partial charge in [0.05, 0.1) is 10.6 Å². The molecule has 0 fully saturated rings. The minimum Gasteiger partial charge on any atom is -0.488 e. The summed E-state index contributed by atoms with van der Waals surface area (Å²) in [5.41, 5.74) is 0.980. The molecule has 0 saturated heterocycles. The third-order valence-electron chi connectivity index (χ3n) is 5.28. The summed E-state index contributed by atoms with van der Waals surface area (Å²) in [5, 5.41) is 2.15. The molecule has 0 aliphatic carbocycles. The van der Waals surface area contributed by atoms with Crippen molar-refractivity contribution in [3.05, 3.63) is 59.1 Å². The zero-order chi connectivity index (χ0) is 23.1. The van der Waals surface area contributed by atoms with Crippen molar-refractivity contribution in [2.24, 2.45) is 0 Å². The van der Waals surface area contributed by atoms with E-state index < -0.39 is 10.0 Å². The van der Waals surface area contributed by atoms with E-state index in [4.69, 9.17) is 21.1 Å². The molecular weight excluding hydrogens is 448 g/mol. The van der Waals surface area contributed by atoms with Crippen molar-refractivity contribution in [1.82, 2.24) is 4.90 Å². The lowest BCUT2D eigenvalue weighted by Crippen LogP contribution is -2.25. The number of sulfonamides is 1. The first-order valence-electron chi connectivity index (χ1n) is 10.4. The quantitative estimate of drug-likeness (QED) is 0.525. The van der Waals surface area contributed by atoms with Crippen LogP contribution < -0.4 is 14.2 Å². The molecule has 170 valence electrons. The number of ether oxygens (including phenoxy) is 2. The van der Waals surface area contributed by atoms with Crippen LogP contribution in [-0.2, 0) is 16.4 Å². The van der Waals surface area contributed by atoms with Crippen molar-refractivity contribution in [1.29, 1.82) is 0 Å². The lowest BCUT2D eigenvalue weighted by molar-refractivity contribution is 0.131. The van der Waals surface area contributed by atoms with Crippen molar-refractivity contribution < 1.29 is 17.9 Å². The molecule has 0 aromatic heterocycles. The lowest BCUT2D eigenvalue weighted by atomic mass is 10.0. The van der Waals surface area contributed by atoms with E-state index >= 15 is 0 Å². The Morgan fingerprint density at radius 2 is 1.94 bits per heavy atom. The van der Waals surface area contributed by atoms with E-state index in [2.05, 4.69) is 4.72 Å². The smallest absolute Gasteiger partial charge is 0.261 e. The Balaban J connectivity index is 1.66. The van der Waals surface area contributed by atoms with Gasteiger partial charge in [0.15, 0.2) is 11.5 Å². The number of rotatable bonds is 7. The first-order chi connectivity index (χ1) is 15.0. The van der Waals surface area contributed by atoms with Crippen molar-refractivity contribution in [3.63, 3.8) is 0 Å². The molecule has 32 heavy (non-hydrogen) atoms. The van der Waals surface area contributed by atoms with Crippen LogP contribution in [0.2, 0.25) is 5.02 Å². The van der Waals surface area contributed by atoms with E-state index in [0.717, 1.165) is 22.9 Å². The first kappa shape index (κ1) is 22.7. The molecule has 0 atom stereocenters. The fourth-order valence-corrected chi connectivity index (χ4v) is 5.11. The van der Waals surface area contributed by atoms with Gasteiger partial charge in [-0.15, -0.1) is 0 Å². The second-order valence-electron chi connectivity index (χ2n) is 8.88. The Labute approximate surface area is 194 Å². The van der Waals surface area contributed by atoms with Crippen molar-refractivity contribution in [2.45, 2.75) is 30.8 Å². The second kappa shape index (κ2) is 8.46. The summed E-state index contributed by atoms with van der Waals surface area (Å²) in [4.78, 5) is 2.18. The number of fused-ring (bicyclic) bond motifs is 2. The molecule has 0 bridgehead atoms. The monoisotopic (exact) mass is 474 g/mol. The maximum absolute atomic E-state index is 13.1. The van der Waals surface area contributed by atoms with Crippen molar-refractivity contribution in [2.75, 3.05) is 32.0 Å². The number of nitrogens with zero attached hydrogens (tertiary/aromatic N) is 1. The van der Waals surface area contributed by atoms with E-state index in [1.807, 2.05) is 45.0 Å². The first-order valence-corrected chi connectivity index (χ1v) is 12.2. The van der Waals surface area contributed by atoms with Crippen LogP contribution in [-0.4, -0.2) is 46.2 Å². The molecule has 6 nitrogen and oxygen atoms in total. The van der Waals surface area contributed by atoms with Crippen molar-refractivity contribution >= 4 is 38.1 Å². The van der Waals surface area contributed by atoms with Gasteiger partial charge in [0.2, 0.25) is 0 Å². The number of halogens is 1. The van der Waals surface area contributed by atoms with Gasteiger partial charge in [-0.2, -0.15) is 0 Å². The predicted molar refractivity (Wildman–Crippen MR) is 129 cm³/mol. The number of benzene rings is 3. The highest BCUT2D eigenvalue weighted by atomic mass is 35.5. The van der Waals surface area contributed by atoms with Gasteiger partial charge < -0.3 is 14.4 Å². The fraction of sp³-hybridized carbons (Fsp3) is 0.333. The summed E-state index contributed by atoms with van der Waals surface area (Å²) >= 11 is 6.22. The standard InChI is InChI=1S/C24H27ClN2O4S/c1-24(2)15-17-12-18(14-22(23(17)31-24)30-11-10-27(3)4)26-32(28,29)19-8-9-20-16(13-19)6-5-7-21(20)25/h5-9,12-14,26H,10-11,15H2,1-4H3. The van der Waals surface area contributed by atoms with Gasteiger partial charge in [-0.3, -0.25) is 4.72 Å². The summed E-state index contributed by atoms with van der Waals surface area (Å²) in [6.45, 7) is 5.19. The number of anilines is 1. The summed E-state index contributed by atoms with van der Waals surface area (Å²) in [6.07, 6.45) is 0.663. The normalized spacial score (nSPS) is 14.9. The Bertz CT molecular complexity index is 1270. The number of nitrogens with one attached hydrogen (secondary N) is 1. The molecule has 0 radical (unpaired) electrons. The van der Waals surface area contributed by atoms with Crippen LogP contribution in [0.1, 0.15) is 19.4 Å². The minimum atomic E-state index is -3.81. The van der Waals surface area contributed by atoms with Crippen LogP contribution in [0.3, 0.4) is 0 Å². The third-order valence-corrected chi connectivity index (χ3v) is 6.99. The average molecular weight is 475 g/mol. The Hall–Kier alpha value is -2.48. The predicted octanol–water partition coefficient (Wildman–Crippen LogP) is 4.95. The molecule has 1 aliphatic heterocycles. The highest BCUT2D eigenvalue weighted by Crippen LogP contribution is 2.44. The Morgan fingerprint density at radius 3 is 2.69 bits per heavy atom. The summed E-state index contributed by atoms with van der Waals surface area (Å²) in [6, 6.07) is 13.8. The van der Waals surface area contributed by atoms with E-state index in [-0.39, 0.29) is 10.5 Å². The van der Waals surface area contributed by atoms with Gasteiger partial charge >= 0.3 is 0 Å². The largest absolute Gasteiger partial charge is 0.488 e. The third kappa shape index (κ3) is 4.80. The average Bonchev–Trinajstić information content (AvgIpc) is 3.01. The zero-order valence-electron chi connectivity index (χ0n) is 18.6. The van der Waals surface area contributed by atoms with Crippen LogP contribution in [0.4, 0.5) is 5.69 Å². The fourth-order valence-electron chi connectivity index (χ4n) is 3.79. The molecule has 3 aromatic carbocycles. The van der Waals surface area contributed by atoms with Gasteiger partial charge in [-0.1, -0.05) is 29.8 Å². The SMILES string of the molecule is CN(C)CCOc1cc(NS(=O)(=O)c2ccc3c(Cl)cccc3c2)cc2c1OC(C)(C)C2. The molecule has 4 rings (SSSR count). The Morgan fingerprint density at radius 1 is 1.16 bits per heavy atom. The molecule has 1 heterocycles. The van der Waals surface area contributed by atoms with E-state index in [9.17, 15) is 8.42 Å². The van der Waals surface area contributed by atoms with Crippen LogP contribution in [0, 0.1) is 0 Å². The van der Waals surface area contributed by atoms with Gasteiger partial charge in [0.1, 0.15) is 12.2 Å². The van der Waals surface area contributed by atoms with Crippen LogP contribution in [0.15, 0.2) is 53.4 Å². The van der Waals surface area contributed by atoms with Gasteiger partial charge in [0.25, 0.3) is 10.0 Å². The molecule has 0 amide bonds. The Kier molecular flexibility index (Phi) is 6.00. The van der Waals surface area contributed by atoms with Gasteiger partial charge in [0, 0.05) is 35.0 Å². The number of hydrogen-bond acceptors (Lipinski definition) is 5. The van der Waals surface area contributed by atoms with E-state index in [1.54, 1.807) is 36.4 Å². The molecular formula is C24H27ClN2O4S. The summed E-state index contributed by atoms with van der Waals surface area (Å²) < 4.78 is 41.1. The molecule has 3 aromatic rings. The highest BCUT2D eigenvalue weighted by molar-refractivity contribution is 7.92. The highest BCUT2D eigenvalue weighted by Gasteiger charge is 2.33. The molecule has 1 aliphatic rings. The summed E-state index contributed by atoms with van der Waals surface area (Å²) in [5.74, 6) is 1.22. The van der Waals surface area contributed by atoms with Crippen molar-refractivity contribution in [3.8, 4) is 11.5 Å². The van der Waals surface area contributed by atoms with E-state index in [0.29, 0.717) is 35.2 Å².